The molecule has 0 aromatic heterocycles. The predicted molar refractivity (Wildman–Crippen MR) is 96.2 cm³/mol. The zero-order valence-corrected chi connectivity index (χ0v) is 14.7. The molecule has 2 aromatic rings. The van der Waals surface area contributed by atoms with Crippen molar-refractivity contribution in [3.8, 4) is 17.6 Å². The molecule has 0 saturated carbocycles. The lowest BCUT2D eigenvalue weighted by Gasteiger charge is -2.13. The van der Waals surface area contributed by atoms with Gasteiger partial charge in [-0.1, -0.05) is 12.1 Å². The summed E-state index contributed by atoms with van der Waals surface area (Å²) in [5.74, 6) is 0.419. The van der Waals surface area contributed by atoms with Crippen LogP contribution >= 0.6 is 0 Å². The zero-order chi connectivity index (χ0) is 19.2. The first-order chi connectivity index (χ1) is 13.0. The molecule has 7 heteroatoms. The minimum absolute atomic E-state index is 0.140. The molecule has 3 rings (SSSR count). The largest absolute Gasteiger partial charge is 0.454 e. The number of nitrogens with zero attached hydrogens (tertiary/aromatic N) is 1. The third-order valence-electron chi connectivity index (χ3n) is 3.99. The summed E-state index contributed by atoms with van der Waals surface area (Å²) in [7, 11) is 0. The number of esters is 1. The van der Waals surface area contributed by atoms with Crippen LogP contribution in [-0.4, -0.2) is 24.8 Å². The lowest BCUT2D eigenvalue weighted by atomic mass is 10.1. The molecule has 2 aromatic carbocycles. The summed E-state index contributed by atoms with van der Waals surface area (Å²) in [4.78, 5) is 24.2. The van der Waals surface area contributed by atoms with Crippen LogP contribution in [0.15, 0.2) is 42.5 Å². The lowest BCUT2D eigenvalue weighted by molar-refractivity contribution is -0.153. The molecule has 1 heterocycles. The van der Waals surface area contributed by atoms with Crippen molar-refractivity contribution in [1.82, 2.24) is 0 Å². The number of fused-ring (bicyclic) bond motifs is 1. The van der Waals surface area contributed by atoms with Gasteiger partial charge in [0.2, 0.25) is 6.79 Å². The summed E-state index contributed by atoms with van der Waals surface area (Å²) in [6.07, 6.45) is -0.338. The van der Waals surface area contributed by atoms with E-state index in [4.69, 9.17) is 19.5 Å². The Balaban J connectivity index is 1.48. The summed E-state index contributed by atoms with van der Waals surface area (Å²) in [6.45, 7) is 1.70. The van der Waals surface area contributed by atoms with Crippen LogP contribution in [0.2, 0.25) is 0 Å². The molecule has 1 aliphatic heterocycles. The van der Waals surface area contributed by atoms with Gasteiger partial charge in [0.1, 0.15) is 0 Å². The number of carbonyl (C=O) groups excluding carboxylic acids is 2. The van der Waals surface area contributed by atoms with E-state index in [9.17, 15) is 9.59 Å². The van der Waals surface area contributed by atoms with Gasteiger partial charge >= 0.3 is 5.97 Å². The van der Waals surface area contributed by atoms with E-state index in [1.165, 1.54) is 6.92 Å². The maximum atomic E-state index is 12.1. The molecule has 0 fully saturated rings. The molecule has 0 radical (unpaired) electrons. The highest BCUT2D eigenvalue weighted by molar-refractivity contribution is 5.95. The molecule has 27 heavy (non-hydrogen) atoms. The van der Waals surface area contributed by atoms with Crippen LogP contribution in [-0.2, 0) is 20.7 Å². The van der Waals surface area contributed by atoms with Gasteiger partial charge in [-0.05, 0) is 49.2 Å². The van der Waals surface area contributed by atoms with Crippen LogP contribution in [0.5, 0.6) is 11.5 Å². The molecule has 0 bridgehead atoms. The molecule has 7 nitrogen and oxygen atoms in total. The van der Waals surface area contributed by atoms with E-state index >= 15 is 0 Å². The number of ether oxygens (including phenoxy) is 3. The molecule has 0 spiro atoms. The first-order valence-electron chi connectivity index (χ1n) is 8.44. The lowest BCUT2D eigenvalue weighted by Crippen LogP contribution is -2.30. The van der Waals surface area contributed by atoms with Gasteiger partial charge in [-0.15, -0.1) is 0 Å². The van der Waals surface area contributed by atoms with Gasteiger partial charge in [-0.2, -0.15) is 5.26 Å². The fourth-order valence-corrected chi connectivity index (χ4v) is 2.56. The normalized spacial score (nSPS) is 12.7. The van der Waals surface area contributed by atoms with Gasteiger partial charge in [-0.25, -0.2) is 0 Å². The highest BCUT2D eigenvalue weighted by Gasteiger charge is 2.19. The Morgan fingerprint density at radius 3 is 2.85 bits per heavy atom. The van der Waals surface area contributed by atoms with Crippen molar-refractivity contribution in [2.24, 2.45) is 0 Å². The Labute approximate surface area is 156 Å². The van der Waals surface area contributed by atoms with Crippen LogP contribution in [0, 0.1) is 11.3 Å². The van der Waals surface area contributed by atoms with Crippen molar-refractivity contribution in [2.75, 3.05) is 12.1 Å². The fourth-order valence-electron chi connectivity index (χ4n) is 2.56. The van der Waals surface area contributed by atoms with E-state index in [2.05, 4.69) is 5.32 Å². The minimum atomic E-state index is -0.944. The predicted octanol–water partition coefficient (Wildman–Crippen LogP) is 2.79. The molecule has 1 unspecified atom stereocenters. The van der Waals surface area contributed by atoms with Gasteiger partial charge in [0.25, 0.3) is 5.91 Å². The number of nitrogens with one attached hydrogen (secondary N) is 1. The number of anilines is 1. The maximum Gasteiger partial charge on any atom is 0.306 e. The molecule has 1 N–H and O–H groups in total. The quantitative estimate of drug-likeness (QED) is 0.790. The fraction of sp³-hybridized carbons (Fsp3) is 0.250. The van der Waals surface area contributed by atoms with Crippen molar-refractivity contribution in [2.45, 2.75) is 25.9 Å². The number of carbonyl (C=O) groups is 2. The van der Waals surface area contributed by atoms with E-state index < -0.39 is 18.0 Å². The molecular weight excluding hydrogens is 348 g/mol. The summed E-state index contributed by atoms with van der Waals surface area (Å²) >= 11 is 0. The number of rotatable bonds is 6. The monoisotopic (exact) mass is 366 g/mol. The van der Waals surface area contributed by atoms with Crippen LogP contribution in [0.1, 0.15) is 24.5 Å². The van der Waals surface area contributed by atoms with E-state index in [0.717, 1.165) is 5.56 Å². The first-order valence-corrected chi connectivity index (χ1v) is 8.44. The Morgan fingerprint density at radius 1 is 1.22 bits per heavy atom. The third kappa shape index (κ3) is 4.76. The molecule has 1 aliphatic rings. The zero-order valence-electron chi connectivity index (χ0n) is 14.7. The second-order valence-corrected chi connectivity index (χ2v) is 6.00. The highest BCUT2D eigenvalue weighted by atomic mass is 16.7. The number of nitriles is 1. The first kappa shape index (κ1) is 18.3. The number of amides is 1. The SMILES string of the molecule is CC(OC(=O)CCc1ccc2c(c1)OCO2)C(=O)Nc1cccc(C#N)c1. The number of hydrogen-bond acceptors (Lipinski definition) is 6. The van der Waals surface area contributed by atoms with Gasteiger partial charge in [0, 0.05) is 12.1 Å². The molecule has 0 saturated heterocycles. The van der Waals surface area contributed by atoms with Gasteiger partial charge < -0.3 is 19.5 Å². The van der Waals surface area contributed by atoms with Crippen LogP contribution < -0.4 is 14.8 Å². The standard InChI is InChI=1S/C20H18N2O5/c1-13(20(24)22-16-4-2-3-15(9-16)11-21)27-19(23)8-6-14-5-7-17-18(10-14)26-12-25-17/h2-5,7,9-10,13H,6,8,12H2,1H3,(H,22,24). The molecule has 138 valence electrons. The van der Waals surface area contributed by atoms with Crippen molar-refractivity contribution >= 4 is 17.6 Å². The van der Waals surface area contributed by atoms with Gasteiger partial charge in [0.15, 0.2) is 17.6 Å². The summed E-state index contributed by atoms with van der Waals surface area (Å²) < 4.78 is 15.7. The smallest absolute Gasteiger partial charge is 0.306 e. The van der Waals surface area contributed by atoms with Crippen LogP contribution in [0.4, 0.5) is 5.69 Å². The summed E-state index contributed by atoms with van der Waals surface area (Å²) in [5, 5.41) is 11.5. The molecule has 1 atom stereocenters. The number of aryl methyl sites for hydroxylation is 1. The van der Waals surface area contributed by atoms with Crippen LogP contribution in [0.3, 0.4) is 0 Å². The van der Waals surface area contributed by atoms with E-state index in [-0.39, 0.29) is 13.2 Å². The van der Waals surface area contributed by atoms with Crippen molar-refractivity contribution in [3.05, 3.63) is 53.6 Å². The highest BCUT2D eigenvalue weighted by Crippen LogP contribution is 2.32. The summed E-state index contributed by atoms with van der Waals surface area (Å²) in [5.41, 5.74) is 1.82. The maximum absolute atomic E-state index is 12.1. The topological polar surface area (TPSA) is 97.7 Å². The van der Waals surface area contributed by atoms with Crippen molar-refractivity contribution in [3.63, 3.8) is 0 Å². The minimum Gasteiger partial charge on any atom is -0.454 e. The van der Waals surface area contributed by atoms with Crippen LogP contribution in [0.25, 0.3) is 0 Å². The Kier molecular flexibility index (Phi) is 5.57. The van der Waals surface area contributed by atoms with E-state index in [0.29, 0.717) is 29.2 Å². The third-order valence-corrected chi connectivity index (χ3v) is 3.99. The second-order valence-electron chi connectivity index (χ2n) is 6.00. The van der Waals surface area contributed by atoms with E-state index in [1.54, 1.807) is 30.3 Å². The summed E-state index contributed by atoms with van der Waals surface area (Å²) in [6, 6.07) is 14.0. The average molecular weight is 366 g/mol. The molecule has 1 amide bonds. The van der Waals surface area contributed by atoms with E-state index in [1.807, 2.05) is 18.2 Å². The Hall–Kier alpha value is -3.53. The molecule has 0 aliphatic carbocycles. The van der Waals surface area contributed by atoms with Crippen molar-refractivity contribution < 1.29 is 23.8 Å². The van der Waals surface area contributed by atoms with Crippen molar-refractivity contribution in [1.29, 1.82) is 5.26 Å². The Morgan fingerprint density at radius 2 is 2.04 bits per heavy atom. The van der Waals surface area contributed by atoms with Gasteiger partial charge in [0.05, 0.1) is 11.6 Å². The molecular formula is C20H18N2O5. The van der Waals surface area contributed by atoms with Gasteiger partial charge in [-0.3, -0.25) is 9.59 Å². The number of hydrogen-bond donors (Lipinski definition) is 1. The second kappa shape index (κ2) is 8.23. The average Bonchev–Trinajstić information content (AvgIpc) is 3.14. The number of benzene rings is 2. The Bertz CT molecular complexity index is 903.